The summed E-state index contributed by atoms with van der Waals surface area (Å²) in [4.78, 5) is 14.1. The van der Waals surface area contributed by atoms with Crippen molar-refractivity contribution in [1.29, 1.82) is 0 Å². The second-order valence-electron chi connectivity index (χ2n) is 5.18. The Labute approximate surface area is 118 Å². The van der Waals surface area contributed by atoms with E-state index in [1.54, 1.807) is 0 Å². The van der Waals surface area contributed by atoms with Crippen LogP contribution in [-0.4, -0.2) is 18.3 Å². The molecule has 2 aromatic rings. The van der Waals surface area contributed by atoms with Crippen LogP contribution in [0.5, 0.6) is 0 Å². The van der Waals surface area contributed by atoms with Crippen LogP contribution in [0.1, 0.15) is 12.0 Å². The van der Waals surface area contributed by atoms with Gasteiger partial charge in [-0.25, -0.2) is 0 Å². The summed E-state index contributed by atoms with van der Waals surface area (Å²) in [6.07, 6.45) is 0.562. The summed E-state index contributed by atoms with van der Waals surface area (Å²) in [5.41, 5.74) is 2.19. The molecule has 3 heteroatoms. The standard InChI is InChI=1S/C16H16ClNO/c1-11-6-7-13-4-2-3-5-14(13)16(11)18-10-12(9-17)8-15(18)19/h2-7,12H,8-10H2,1H3. The molecule has 2 nitrogen and oxygen atoms in total. The molecule has 1 amide bonds. The fourth-order valence-corrected chi connectivity index (χ4v) is 3.03. The van der Waals surface area contributed by atoms with Crippen LogP contribution >= 0.6 is 11.6 Å². The second-order valence-corrected chi connectivity index (χ2v) is 5.49. The molecule has 0 saturated carbocycles. The predicted octanol–water partition coefficient (Wildman–Crippen LogP) is 3.74. The minimum Gasteiger partial charge on any atom is -0.311 e. The quantitative estimate of drug-likeness (QED) is 0.764. The van der Waals surface area contributed by atoms with Gasteiger partial charge in [-0.3, -0.25) is 4.79 Å². The van der Waals surface area contributed by atoms with E-state index in [1.807, 2.05) is 17.0 Å². The van der Waals surface area contributed by atoms with Gasteiger partial charge in [0.2, 0.25) is 5.91 Å². The first-order valence-corrected chi connectivity index (χ1v) is 7.09. The molecule has 0 aliphatic carbocycles. The lowest BCUT2D eigenvalue weighted by Crippen LogP contribution is -2.25. The number of alkyl halides is 1. The largest absolute Gasteiger partial charge is 0.311 e. The average molecular weight is 274 g/mol. The van der Waals surface area contributed by atoms with Gasteiger partial charge in [0, 0.05) is 24.2 Å². The van der Waals surface area contributed by atoms with Crippen LogP contribution in [0, 0.1) is 12.8 Å². The highest BCUT2D eigenvalue weighted by Gasteiger charge is 2.31. The van der Waals surface area contributed by atoms with Crippen LogP contribution in [0.15, 0.2) is 36.4 Å². The Morgan fingerprint density at radius 2 is 2.05 bits per heavy atom. The number of nitrogens with zero attached hydrogens (tertiary/aromatic N) is 1. The van der Waals surface area contributed by atoms with Gasteiger partial charge in [0.15, 0.2) is 0 Å². The SMILES string of the molecule is Cc1ccc2ccccc2c1N1CC(CCl)CC1=O. The van der Waals surface area contributed by atoms with E-state index in [4.69, 9.17) is 11.6 Å². The number of aryl methyl sites for hydroxylation is 1. The molecular formula is C16H16ClNO. The summed E-state index contributed by atoms with van der Waals surface area (Å²) < 4.78 is 0. The topological polar surface area (TPSA) is 20.3 Å². The smallest absolute Gasteiger partial charge is 0.227 e. The molecule has 1 saturated heterocycles. The van der Waals surface area contributed by atoms with Crippen molar-refractivity contribution in [2.24, 2.45) is 5.92 Å². The van der Waals surface area contributed by atoms with Gasteiger partial charge in [-0.2, -0.15) is 0 Å². The number of rotatable bonds is 2. The zero-order valence-electron chi connectivity index (χ0n) is 10.9. The Balaban J connectivity index is 2.14. The number of hydrogen-bond donors (Lipinski definition) is 0. The van der Waals surface area contributed by atoms with Crippen LogP contribution < -0.4 is 4.90 Å². The van der Waals surface area contributed by atoms with Gasteiger partial charge in [0.1, 0.15) is 0 Å². The van der Waals surface area contributed by atoms with E-state index in [9.17, 15) is 4.79 Å². The predicted molar refractivity (Wildman–Crippen MR) is 79.9 cm³/mol. The molecule has 0 spiro atoms. The molecule has 19 heavy (non-hydrogen) atoms. The van der Waals surface area contributed by atoms with E-state index < -0.39 is 0 Å². The summed E-state index contributed by atoms with van der Waals surface area (Å²) in [6.45, 7) is 2.79. The van der Waals surface area contributed by atoms with Crippen LogP contribution in [0.2, 0.25) is 0 Å². The van der Waals surface area contributed by atoms with Gasteiger partial charge in [-0.15, -0.1) is 11.6 Å². The minimum absolute atomic E-state index is 0.185. The number of amides is 1. The molecule has 2 aromatic carbocycles. The third kappa shape index (κ3) is 2.10. The van der Waals surface area contributed by atoms with Crippen molar-refractivity contribution in [2.45, 2.75) is 13.3 Å². The number of carbonyl (C=O) groups excluding carboxylic acids is 1. The minimum atomic E-state index is 0.185. The molecule has 98 valence electrons. The van der Waals surface area contributed by atoms with Crippen molar-refractivity contribution in [2.75, 3.05) is 17.3 Å². The zero-order chi connectivity index (χ0) is 13.4. The lowest BCUT2D eigenvalue weighted by molar-refractivity contribution is -0.117. The number of anilines is 1. The Morgan fingerprint density at radius 3 is 2.79 bits per heavy atom. The molecule has 1 atom stereocenters. The summed E-state index contributed by atoms with van der Waals surface area (Å²) in [5, 5.41) is 2.32. The molecular weight excluding hydrogens is 258 g/mol. The van der Waals surface area contributed by atoms with Gasteiger partial charge in [-0.05, 0) is 23.8 Å². The number of halogens is 1. The maximum absolute atomic E-state index is 12.2. The van der Waals surface area contributed by atoms with Crippen molar-refractivity contribution in [3.05, 3.63) is 42.0 Å². The van der Waals surface area contributed by atoms with Crippen molar-refractivity contribution >= 4 is 34.0 Å². The van der Waals surface area contributed by atoms with Crippen LogP contribution in [0.4, 0.5) is 5.69 Å². The summed E-state index contributed by atoms with van der Waals surface area (Å²) in [7, 11) is 0. The fourth-order valence-electron chi connectivity index (χ4n) is 2.82. The van der Waals surface area contributed by atoms with Crippen LogP contribution in [-0.2, 0) is 4.79 Å². The van der Waals surface area contributed by atoms with Crippen molar-refractivity contribution in [3.63, 3.8) is 0 Å². The molecule has 0 aromatic heterocycles. The van der Waals surface area contributed by atoms with Gasteiger partial charge in [0.05, 0.1) is 5.69 Å². The highest BCUT2D eigenvalue weighted by molar-refractivity contribution is 6.18. The lowest BCUT2D eigenvalue weighted by Gasteiger charge is -2.21. The Morgan fingerprint density at radius 1 is 1.26 bits per heavy atom. The third-order valence-corrected chi connectivity index (χ3v) is 4.23. The Bertz CT molecular complexity index is 638. The summed E-state index contributed by atoms with van der Waals surface area (Å²) >= 11 is 5.91. The van der Waals surface area contributed by atoms with E-state index in [0.29, 0.717) is 12.3 Å². The third-order valence-electron chi connectivity index (χ3n) is 3.80. The molecule has 1 unspecified atom stereocenters. The van der Waals surface area contributed by atoms with Gasteiger partial charge < -0.3 is 4.90 Å². The molecule has 3 rings (SSSR count). The van der Waals surface area contributed by atoms with Gasteiger partial charge in [0.25, 0.3) is 0 Å². The highest BCUT2D eigenvalue weighted by Crippen LogP contribution is 2.34. The molecule has 1 fully saturated rings. The number of hydrogen-bond acceptors (Lipinski definition) is 1. The number of fused-ring (bicyclic) bond motifs is 1. The van der Waals surface area contributed by atoms with Crippen molar-refractivity contribution < 1.29 is 4.79 Å². The van der Waals surface area contributed by atoms with Crippen molar-refractivity contribution in [1.82, 2.24) is 0 Å². The molecule has 1 heterocycles. The number of carbonyl (C=O) groups is 1. The van der Waals surface area contributed by atoms with Gasteiger partial charge >= 0.3 is 0 Å². The fraction of sp³-hybridized carbons (Fsp3) is 0.312. The van der Waals surface area contributed by atoms with Crippen LogP contribution in [0.3, 0.4) is 0 Å². The van der Waals surface area contributed by atoms with E-state index in [1.165, 1.54) is 5.39 Å². The van der Waals surface area contributed by atoms with E-state index in [-0.39, 0.29) is 11.8 Å². The first kappa shape index (κ1) is 12.5. The monoisotopic (exact) mass is 273 g/mol. The average Bonchev–Trinajstić information content (AvgIpc) is 2.80. The molecule has 0 N–H and O–H groups in total. The second kappa shape index (κ2) is 4.86. The lowest BCUT2D eigenvalue weighted by atomic mass is 10.0. The van der Waals surface area contributed by atoms with Crippen molar-refractivity contribution in [3.8, 4) is 0 Å². The molecule has 1 aliphatic rings. The number of benzene rings is 2. The van der Waals surface area contributed by atoms with Gasteiger partial charge in [-0.1, -0.05) is 36.4 Å². The first-order chi connectivity index (χ1) is 9.20. The zero-order valence-corrected chi connectivity index (χ0v) is 11.7. The summed E-state index contributed by atoms with van der Waals surface area (Å²) in [5.74, 6) is 1.00. The normalized spacial score (nSPS) is 19.4. The van der Waals surface area contributed by atoms with E-state index >= 15 is 0 Å². The molecule has 1 aliphatic heterocycles. The van der Waals surface area contributed by atoms with Crippen LogP contribution in [0.25, 0.3) is 10.8 Å². The first-order valence-electron chi connectivity index (χ1n) is 6.55. The Kier molecular flexibility index (Phi) is 3.19. The molecule has 0 radical (unpaired) electrons. The summed E-state index contributed by atoms with van der Waals surface area (Å²) in [6, 6.07) is 12.4. The highest BCUT2D eigenvalue weighted by atomic mass is 35.5. The van der Waals surface area contributed by atoms with E-state index in [0.717, 1.165) is 23.2 Å². The maximum atomic E-state index is 12.2. The Hall–Kier alpha value is -1.54. The maximum Gasteiger partial charge on any atom is 0.227 e. The molecule has 0 bridgehead atoms. The van der Waals surface area contributed by atoms with E-state index in [2.05, 4.69) is 31.2 Å².